The van der Waals surface area contributed by atoms with Crippen molar-refractivity contribution >= 4 is 17.7 Å². The van der Waals surface area contributed by atoms with Crippen LogP contribution >= 0.6 is 11.8 Å². The highest BCUT2D eigenvalue weighted by Gasteiger charge is 2.31. The van der Waals surface area contributed by atoms with Gasteiger partial charge in [0.15, 0.2) is 0 Å². The molecular formula is C19H18O3S. The number of ether oxygens (including phenoxy) is 1. The molecular weight excluding hydrogens is 308 g/mol. The van der Waals surface area contributed by atoms with Crippen LogP contribution < -0.4 is 0 Å². The van der Waals surface area contributed by atoms with Gasteiger partial charge in [0.25, 0.3) is 0 Å². The number of carbonyl (C=O) groups is 1. The number of benzene rings is 2. The second-order valence-corrected chi connectivity index (χ2v) is 6.49. The van der Waals surface area contributed by atoms with Crippen LogP contribution in [0.25, 0.3) is 0 Å². The van der Waals surface area contributed by atoms with E-state index in [0.29, 0.717) is 17.1 Å². The van der Waals surface area contributed by atoms with Crippen LogP contribution in [-0.4, -0.2) is 11.1 Å². The van der Waals surface area contributed by atoms with Crippen LogP contribution in [0.15, 0.2) is 65.3 Å². The first-order valence-electron chi connectivity index (χ1n) is 7.50. The maximum Gasteiger partial charge on any atom is 0.348 e. The molecule has 0 radical (unpaired) electrons. The van der Waals surface area contributed by atoms with E-state index in [1.54, 1.807) is 0 Å². The maximum absolute atomic E-state index is 12.3. The van der Waals surface area contributed by atoms with E-state index in [1.807, 2.05) is 61.5 Å². The first kappa shape index (κ1) is 15.7. The van der Waals surface area contributed by atoms with Crippen LogP contribution in [0.5, 0.6) is 0 Å². The highest BCUT2D eigenvalue weighted by molar-refractivity contribution is 8.03. The quantitative estimate of drug-likeness (QED) is 0.828. The van der Waals surface area contributed by atoms with Crippen LogP contribution in [0.2, 0.25) is 0 Å². The van der Waals surface area contributed by atoms with E-state index in [0.717, 1.165) is 16.7 Å². The van der Waals surface area contributed by atoms with E-state index in [-0.39, 0.29) is 5.76 Å². The fraction of sp³-hybridized carbons (Fsp3) is 0.211. The minimum Gasteiger partial charge on any atom is -0.511 e. The molecule has 2 aromatic rings. The van der Waals surface area contributed by atoms with E-state index in [4.69, 9.17) is 4.74 Å². The van der Waals surface area contributed by atoms with Gasteiger partial charge in [-0.15, -0.1) is 11.8 Å². The van der Waals surface area contributed by atoms with Gasteiger partial charge in [-0.05, 0) is 23.6 Å². The van der Waals surface area contributed by atoms with Crippen molar-refractivity contribution in [1.82, 2.24) is 0 Å². The summed E-state index contributed by atoms with van der Waals surface area (Å²) in [5.74, 6) is 0.308. The summed E-state index contributed by atoms with van der Waals surface area (Å²) < 4.78 is 5.55. The normalized spacial score (nSPS) is 18.0. The van der Waals surface area contributed by atoms with Crippen LogP contribution in [0, 0.1) is 6.92 Å². The van der Waals surface area contributed by atoms with Gasteiger partial charge in [0, 0.05) is 12.2 Å². The number of hydrogen-bond acceptors (Lipinski definition) is 4. The molecule has 1 heterocycles. The van der Waals surface area contributed by atoms with Crippen molar-refractivity contribution in [3.05, 3.63) is 82.0 Å². The molecule has 0 saturated carbocycles. The Bertz CT molecular complexity index is 737. The summed E-state index contributed by atoms with van der Waals surface area (Å²) in [6.45, 7) is 1.98. The molecule has 0 fully saturated rings. The molecule has 1 unspecified atom stereocenters. The number of aryl methyl sites for hydroxylation is 1. The van der Waals surface area contributed by atoms with Crippen molar-refractivity contribution < 1.29 is 14.6 Å². The van der Waals surface area contributed by atoms with Crippen LogP contribution in [0.4, 0.5) is 0 Å². The summed E-state index contributed by atoms with van der Waals surface area (Å²) in [7, 11) is 0. The second-order valence-electron chi connectivity index (χ2n) is 5.50. The first-order valence-corrected chi connectivity index (χ1v) is 8.49. The van der Waals surface area contributed by atoms with E-state index in [2.05, 4.69) is 0 Å². The molecule has 0 aromatic heterocycles. The summed E-state index contributed by atoms with van der Waals surface area (Å²) in [6, 6.07) is 17.6. The molecule has 0 bridgehead atoms. The van der Waals surface area contributed by atoms with Crippen molar-refractivity contribution in [2.24, 2.45) is 0 Å². The second kappa shape index (κ2) is 6.92. The van der Waals surface area contributed by atoms with E-state index in [1.165, 1.54) is 11.8 Å². The highest BCUT2D eigenvalue weighted by atomic mass is 32.2. The van der Waals surface area contributed by atoms with Crippen LogP contribution in [-0.2, 0) is 15.3 Å². The zero-order valence-corrected chi connectivity index (χ0v) is 13.7. The third-order valence-electron chi connectivity index (χ3n) is 3.84. The third-order valence-corrected chi connectivity index (χ3v) is 5.01. The van der Waals surface area contributed by atoms with E-state index < -0.39 is 12.1 Å². The van der Waals surface area contributed by atoms with Crippen molar-refractivity contribution in [3.8, 4) is 0 Å². The number of carbonyl (C=O) groups excluding carboxylic acids is 1. The molecule has 23 heavy (non-hydrogen) atoms. The average Bonchev–Trinajstić information content (AvgIpc) is 2.55. The van der Waals surface area contributed by atoms with Crippen LogP contribution in [0.1, 0.15) is 29.2 Å². The highest BCUT2D eigenvalue weighted by Crippen LogP contribution is 2.37. The largest absolute Gasteiger partial charge is 0.511 e. The number of hydrogen-bond donors (Lipinski definition) is 1. The maximum atomic E-state index is 12.3. The standard InChI is InChI=1S/C19H18O3S/c1-13-7-5-6-10-15(13)17-11-16(20)18(19(21)22-17)23-12-14-8-3-2-4-9-14/h2-10,17,20H,11-12H2,1H3. The Hall–Kier alpha value is -2.20. The van der Waals surface area contributed by atoms with Gasteiger partial charge >= 0.3 is 5.97 Å². The molecule has 0 spiro atoms. The van der Waals surface area contributed by atoms with Gasteiger partial charge in [0.1, 0.15) is 16.8 Å². The number of rotatable bonds is 4. The fourth-order valence-electron chi connectivity index (χ4n) is 2.60. The predicted octanol–water partition coefficient (Wildman–Crippen LogP) is 4.69. The van der Waals surface area contributed by atoms with Crippen molar-refractivity contribution in [1.29, 1.82) is 0 Å². The number of esters is 1. The van der Waals surface area contributed by atoms with Gasteiger partial charge in [0.05, 0.1) is 0 Å². The lowest BCUT2D eigenvalue weighted by Crippen LogP contribution is -2.20. The molecule has 1 atom stereocenters. The van der Waals surface area contributed by atoms with Crippen molar-refractivity contribution in [2.75, 3.05) is 0 Å². The number of thioether (sulfide) groups is 1. The molecule has 2 aromatic carbocycles. The van der Waals surface area contributed by atoms with E-state index >= 15 is 0 Å². The molecule has 1 aliphatic rings. The summed E-state index contributed by atoms with van der Waals surface area (Å²) in [4.78, 5) is 12.6. The molecule has 1 N–H and O–H groups in total. The predicted molar refractivity (Wildman–Crippen MR) is 92.0 cm³/mol. The Kier molecular flexibility index (Phi) is 4.72. The van der Waals surface area contributed by atoms with Gasteiger partial charge in [-0.1, -0.05) is 54.6 Å². The monoisotopic (exact) mass is 326 g/mol. The molecule has 0 amide bonds. The molecule has 1 aliphatic heterocycles. The zero-order chi connectivity index (χ0) is 16.2. The summed E-state index contributed by atoms with van der Waals surface area (Å²) in [5.41, 5.74) is 3.10. The Balaban J connectivity index is 1.74. The lowest BCUT2D eigenvalue weighted by atomic mass is 9.99. The fourth-order valence-corrected chi connectivity index (χ4v) is 3.52. The van der Waals surface area contributed by atoms with Crippen molar-refractivity contribution in [3.63, 3.8) is 0 Å². The molecule has 3 rings (SSSR count). The Labute approximate surface area is 140 Å². The number of aliphatic hydroxyl groups is 1. The minimum absolute atomic E-state index is 0.121. The smallest absolute Gasteiger partial charge is 0.348 e. The SMILES string of the molecule is Cc1ccccc1C1CC(O)=C(SCc2ccccc2)C(=O)O1. The molecule has 4 heteroatoms. The Morgan fingerprint density at radius 2 is 1.83 bits per heavy atom. The Morgan fingerprint density at radius 1 is 1.13 bits per heavy atom. The zero-order valence-electron chi connectivity index (χ0n) is 12.9. The lowest BCUT2D eigenvalue weighted by Gasteiger charge is -2.25. The first-order chi connectivity index (χ1) is 11.1. The van der Waals surface area contributed by atoms with Gasteiger partial charge < -0.3 is 9.84 Å². The molecule has 0 saturated heterocycles. The molecule has 3 nitrogen and oxygen atoms in total. The summed E-state index contributed by atoms with van der Waals surface area (Å²) in [5, 5.41) is 10.3. The van der Waals surface area contributed by atoms with Gasteiger partial charge in [0.2, 0.25) is 0 Å². The molecule has 0 aliphatic carbocycles. The summed E-state index contributed by atoms with van der Waals surface area (Å²) >= 11 is 1.32. The molecule has 118 valence electrons. The number of cyclic esters (lactones) is 1. The van der Waals surface area contributed by atoms with Crippen LogP contribution in [0.3, 0.4) is 0 Å². The van der Waals surface area contributed by atoms with Gasteiger partial charge in [-0.3, -0.25) is 0 Å². The topological polar surface area (TPSA) is 46.5 Å². The third kappa shape index (κ3) is 3.59. The van der Waals surface area contributed by atoms with E-state index in [9.17, 15) is 9.90 Å². The summed E-state index contributed by atoms with van der Waals surface area (Å²) in [6.07, 6.45) is -0.0851. The average molecular weight is 326 g/mol. The van der Waals surface area contributed by atoms with Gasteiger partial charge in [-0.2, -0.15) is 0 Å². The lowest BCUT2D eigenvalue weighted by molar-refractivity contribution is -0.146. The minimum atomic E-state index is -0.442. The Morgan fingerprint density at radius 3 is 2.52 bits per heavy atom. The van der Waals surface area contributed by atoms with Gasteiger partial charge in [-0.25, -0.2) is 4.79 Å². The number of aliphatic hydroxyl groups excluding tert-OH is 1. The van der Waals surface area contributed by atoms with Crippen molar-refractivity contribution in [2.45, 2.75) is 25.2 Å².